The highest BCUT2D eigenvalue weighted by molar-refractivity contribution is 8.01. The van der Waals surface area contributed by atoms with Crippen molar-refractivity contribution in [2.24, 2.45) is 5.73 Å². The standard InChI is InChI=1S/C12H15N5S2/c1-7-6-8(4-5-9(7)10(13)14)18-12-16-15-11(19-12)17(2)3/h4-6H,1-3H3,(H3,13,14). The molecule has 0 amide bonds. The number of nitrogens with one attached hydrogen (secondary N) is 1. The molecule has 0 saturated carbocycles. The predicted molar refractivity (Wildman–Crippen MR) is 80.6 cm³/mol. The minimum Gasteiger partial charge on any atom is -0.384 e. The van der Waals surface area contributed by atoms with Gasteiger partial charge in [0.1, 0.15) is 5.84 Å². The Morgan fingerprint density at radius 2 is 2.11 bits per heavy atom. The lowest BCUT2D eigenvalue weighted by atomic mass is 10.1. The highest BCUT2D eigenvalue weighted by Gasteiger charge is 2.09. The van der Waals surface area contributed by atoms with Crippen LogP contribution in [0.1, 0.15) is 11.1 Å². The molecule has 5 nitrogen and oxygen atoms in total. The van der Waals surface area contributed by atoms with Crippen molar-refractivity contribution in [3.05, 3.63) is 29.3 Å². The molecule has 0 saturated heterocycles. The van der Waals surface area contributed by atoms with Crippen LogP contribution < -0.4 is 10.6 Å². The number of nitrogens with zero attached hydrogens (tertiary/aromatic N) is 3. The number of nitrogen functional groups attached to an aromatic ring is 1. The zero-order chi connectivity index (χ0) is 14.0. The summed E-state index contributed by atoms with van der Waals surface area (Å²) >= 11 is 3.12. The Bertz CT molecular complexity index is 606. The first kappa shape index (κ1) is 13.8. The van der Waals surface area contributed by atoms with Crippen LogP contribution in [-0.2, 0) is 0 Å². The average molecular weight is 293 g/mol. The molecule has 0 spiro atoms. The van der Waals surface area contributed by atoms with Crippen LogP contribution in [0, 0.1) is 12.3 Å². The molecule has 2 rings (SSSR count). The fourth-order valence-electron chi connectivity index (χ4n) is 1.53. The fraction of sp³-hybridized carbons (Fsp3) is 0.250. The number of rotatable bonds is 4. The van der Waals surface area contributed by atoms with Crippen LogP contribution in [-0.4, -0.2) is 30.1 Å². The quantitative estimate of drug-likeness (QED) is 0.668. The second kappa shape index (κ2) is 5.58. The van der Waals surface area contributed by atoms with Gasteiger partial charge in [0.15, 0.2) is 4.34 Å². The van der Waals surface area contributed by atoms with Crippen molar-refractivity contribution in [3.63, 3.8) is 0 Å². The van der Waals surface area contributed by atoms with Crippen LogP contribution in [0.2, 0.25) is 0 Å². The second-order valence-electron chi connectivity index (χ2n) is 4.24. The molecular formula is C12H15N5S2. The van der Waals surface area contributed by atoms with E-state index in [1.807, 2.05) is 44.1 Å². The summed E-state index contributed by atoms with van der Waals surface area (Å²) in [6.07, 6.45) is 0. The van der Waals surface area contributed by atoms with Crippen molar-refractivity contribution >= 4 is 34.1 Å². The van der Waals surface area contributed by atoms with Gasteiger partial charge in [-0.3, -0.25) is 5.41 Å². The number of amidine groups is 1. The topological polar surface area (TPSA) is 78.9 Å². The molecular weight excluding hydrogens is 278 g/mol. The molecule has 0 fully saturated rings. The average Bonchev–Trinajstić information content (AvgIpc) is 2.77. The van der Waals surface area contributed by atoms with Crippen LogP contribution >= 0.6 is 23.1 Å². The van der Waals surface area contributed by atoms with E-state index < -0.39 is 0 Å². The van der Waals surface area contributed by atoms with Gasteiger partial charge < -0.3 is 10.6 Å². The summed E-state index contributed by atoms with van der Waals surface area (Å²) in [5, 5.41) is 16.6. The monoisotopic (exact) mass is 293 g/mol. The zero-order valence-corrected chi connectivity index (χ0v) is 12.6. The Morgan fingerprint density at radius 1 is 1.37 bits per heavy atom. The summed E-state index contributed by atoms with van der Waals surface area (Å²) < 4.78 is 0.902. The number of anilines is 1. The summed E-state index contributed by atoms with van der Waals surface area (Å²) in [5.74, 6) is 0.0971. The summed E-state index contributed by atoms with van der Waals surface area (Å²) in [7, 11) is 3.89. The van der Waals surface area contributed by atoms with Crippen molar-refractivity contribution in [2.45, 2.75) is 16.2 Å². The summed E-state index contributed by atoms with van der Waals surface area (Å²) in [4.78, 5) is 3.01. The number of aromatic nitrogens is 2. The lowest BCUT2D eigenvalue weighted by Crippen LogP contribution is -2.12. The van der Waals surface area contributed by atoms with E-state index in [0.29, 0.717) is 0 Å². The fourth-order valence-corrected chi connectivity index (χ4v) is 3.36. The first-order chi connectivity index (χ1) is 8.97. The van der Waals surface area contributed by atoms with Gasteiger partial charge in [0.05, 0.1) is 0 Å². The first-order valence-electron chi connectivity index (χ1n) is 5.61. The molecule has 0 aliphatic rings. The van der Waals surface area contributed by atoms with Gasteiger partial charge in [0, 0.05) is 24.6 Å². The Morgan fingerprint density at radius 3 is 2.63 bits per heavy atom. The number of hydrogen-bond acceptors (Lipinski definition) is 6. The highest BCUT2D eigenvalue weighted by Crippen LogP contribution is 2.33. The number of hydrogen-bond donors (Lipinski definition) is 2. The first-order valence-corrected chi connectivity index (χ1v) is 7.24. The molecule has 0 aliphatic carbocycles. The van der Waals surface area contributed by atoms with Gasteiger partial charge in [0.2, 0.25) is 5.13 Å². The van der Waals surface area contributed by atoms with Crippen molar-refractivity contribution in [1.29, 1.82) is 5.41 Å². The van der Waals surface area contributed by atoms with E-state index >= 15 is 0 Å². The number of aryl methyl sites for hydroxylation is 1. The Hall–Kier alpha value is -1.60. The van der Waals surface area contributed by atoms with Crippen molar-refractivity contribution in [2.75, 3.05) is 19.0 Å². The molecule has 0 unspecified atom stereocenters. The Labute approximate surface area is 120 Å². The molecule has 7 heteroatoms. The number of benzene rings is 1. The minimum atomic E-state index is 0.0971. The maximum absolute atomic E-state index is 7.46. The predicted octanol–water partition coefficient (Wildman–Crippen LogP) is 2.35. The Kier molecular flexibility index (Phi) is 4.06. The molecule has 1 aromatic heterocycles. The second-order valence-corrected chi connectivity index (χ2v) is 6.51. The molecule has 1 heterocycles. The van der Waals surface area contributed by atoms with Gasteiger partial charge in [-0.25, -0.2) is 0 Å². The van der Waals surface area contributed by atoms with E-state index in [4.69, 9.17) is 11.1 Å². The summed E-state index contributed by atoms with van der Waals surface area (Å²) in [5.41, 5.74) is 7.27. The third kappa shape index (κ3) is 3.24. The minimum absolute atomic E-state index is 0.0971. The third-order valence-electron chi connectivity index (χ3n) is 2.47. The van der Waals surface area contributed by atoms with Crippen LogP contribution in [0.3, 0.4) is 0 Å². The largest absolute Gasteiger partial charge is 0.384 e. The molecule has 0 radical (unpaired) electrons. The smallest absolute Gasteiger partial charge is 0.208 e. The molecule has 2 aromatic rings. The maximum atomic E-state index is 7.46. The van der Waals surface area contributed by atoms with Crippen LogP contribution in [0.15, 0.2) is 27.4 Å². The van der Waals surface area contributed by atoms with E-state index in [1.54, 1.807) is 23.1 Å². The maximum Gasteiger partial charge on any atom is 0.208 e. The summed E-state index contributed by atoms with van der Waals surface area (Å²) in [6.45, 7) is 1.95. The lowest BCUT2D eigenvalue weighted by molar-refractivity contribution is 0.972. The van der Waals surface area contributed by atoms with Crippen LogP contribution in [0.4, 0.5) is 5.13 Å². The van der Waals surface area contributed by atoms with E-state index in [2.05, 4.69) is 10.2 Å². The van der Waals surface area contributed by atoms with Crippen molar-refractivity contribution in [1.82, 2.24) is 10.2 Å². The molecule has 0 aliphatic heterocycles. The molecule has 1 aromatic carbocycles. The Balaban J connectivity index is 2.19. The molecule has 100 valence electrons. The van der Waals surface area contributed by atoms with Gasteiger partial charge >= 0.3 is 0 Å². The SMILES string of the molecule is Cc1cc(Sc2nnc(N(C)C)s2)ccc1C(=N)N. The van der Waals surface area contributed by atoms with Gasteiger partial charge in [-0.1, -0.05) is 23.1 Å². The van der Waals surface area contributed by atoms with Crippen LogP contribution in [0.25, 0.3) is 0 Å². The number of nitrogens with two attached hydrogens (primary N) is 1. The van der Waals surface area contributed by atoms with Gasteiger partial charge in [0.25, 0.3) is 0 Å². The third-order valence-corrected chi connectivity index (χ3v) is 4.60. The van der Waals surface area contributed by atoms with E-state index in [9.17, 15) is 0 Å². The van der Waals surface area contributed by atoms with Crippen molar-refractivity contribution < 1.29 is 0 Å². The van der Waals surface area contributed by atoms with E-state index in [1.165, 1.54) is 0 Å². The molecule has 19 heavy (non-hydrogen) atoms. The van der Waals surface area contributed by atoms with Gasteiger partial charge in [-0.05, 0) is 30.7 Å². The van der Waals surface area contributed by atoms with Crippen molar-refractivity contribution in [3.8, 4) is 0 Å². The summed E-state index contributed by atoms with van der Waals surface area (Å²) in [6, 6.07) is 5.83. The lowest BCUT2D eigenvalue weighted by Gasteiger charge is -2.05. The van der Waals surface area contributed by atoms with E-state index in [0.717, 1.165) is 25.5 Å². The molecule has 0 bridgehead atoms. The molecule has 0 atom stereocenters. The van der Waals surface area contributed by atoms with E-state index in [-0.39, 0.29) is 5.84 Å². The highest BCUT2D eigenvalue weighted by atomic mass is 32.2. The van der Waals surface area contributed by atoms with Gasteiger partial charge in [-0.2, -0.15) is 0 Å². The van der Waals surface area contributed by atoms with Gasteiger partial charge in [-0.15, -0.1) is 10.2 Å². The van der Waals surface area contributed by atoms with Crippen LogP contribution in [0.5, 0.6) is 0 Å². The normalized spacial score (nSPS) is 10.5. The molecule has 3 N–H and O–H groups in total. The zero-order valence-electron chi connectivity index (χ0n) is 11.0.